The van der Waals surface area contributed by atoms with Gasteiger partial charge in [0.15, 0.2) is 0 Å². The Bertz CT molecular complexity index is 1640. The fourth-order valence-corrected chi connectivity index (χ4v) is 5.61. The van der Waals surface area contributed by atoms with Gasteiger partial charge in [0.05, 0.1) is 6.04 Å². The summed E-state index contributed by atoms with van der Waals surface area (Å²) >= 11 is 0. The van der Waals surface area contributed by atoms with Crippen LogP contribution in [0.15, 0.2) is 91.3 Å². The van der Waals surface area contributed by atoms with Crippen LogP contribution in [0.3, 0.4) is 0 Å². The first-order valence-corrected chi connectivity index (χ1v) is 15.3. The van der Waals surface area contributed by atoms with Crippen molar-refractivity contribution < 1.29 is 19.1 Å². The van der Waals surface area contributed by atoms with Gasteiger partial charge in [0.1, 0.15) is 23.9 Å². The van der Waals surface area contributed by atoms with Gasteiger partial charge >= 0.3 is 0 Å². The molecule has 4 N–H and O–H groups in total. The molecule has 1 aromatic heterocycles. The Labute approximate surface area is 264 Å². The molecular weight excluding hydrogens is 566 g/mol. The highest BCUT2D eigenvalue weighted by atomic mass is 16.5. The SMILES string of the molecule is CC(C)[C@@H]1Oc2ccc(cc2)/C=C\NC(=O)[C@H](Cc2c[nH]c3ccccc23)NC(=O)[C@H]1NC(=O)[C@H](Cc1ccccc1)N(C)C. The number of nitrogens with one attached hydrogen (secondary N) is 4. The number of aromatic nitrogens is 1. The number of aromatic amines is 1. The van der Waals surface area contributed by atoms with Crippen molar-refractivity contribution in [3.05, 3.63) is 108 Å². The lowest BCUT2D eigenvalue weighted by atomic mass is 9.96. The summed E-state index contributed by atoms with van der Waals surface area (Å²) in [4.78, 5) is 46.9. The van der Waals surface area contributed by atoms with Crippen LogP contribution >= 0.6 is 0 Å². The van der Waals surface area contributed by atoms with Gasteiger partial charge in [-0.05, 0) is 67.4 Å². The van der Waals surface area contributed by atoms with Crippen LogP contribution in [0.1, 0.15) is 30.5 Å². The number of amides is 3. The number of carbonyl (C=O) groups excluding carboxylic acids is 3. The summed E-state index contributed by atoms with van der Waals surface area (Å²) < 4.78 is 6.42. The van der Waals surface area contributed by atoms with Crippen molar-refractivity contribution in [2.45, 2.75) is 50.9 Å². The molecule has 45 heavy (non-hydrogen) atoms. The van der Waals surface area contributed by atoms with E-state index in [0.29, 0.717) is 12.2 Å². The van der Waals surface area contributed by atoms with E-state index in [4.69, 9.17) is 4.74 Å². The van der Waals surface area contributed by atoms with E-state index < -0.39 is 30.1 Å². The third kappa shape index (κ3) is 7.80. The Balaban J connectivity index is 1.50. The number of fused-ring (bicyclic) bond motifs is 11. The van der Waals surface area contributed by atoms with Gasteiger partial charge in [-0.3, -0.25) is 19.3 Å². The van der Waals surface area contributed by atoms with Gasteiger partial charge in [-0.25, -0.2) is 0 Å². The molecule has 4 atom stereocenters. The lowest BCUT2D eigenvalue weighted by Gasteiger charge is -2.33. The summed E-state index contributed by atoms with van der Waals surface area (Å²) in [5.74, 6) is -0.780. The second-order valence-electron chi connectivity index (χ2n) is 12.0. The minimum absolute atomic E-state index is 0.165. The van der Waals surface area contributed by atoms with Crippen molar-refractivity contribution in [1.82, 2.24) is 25.8 Å². The largest absolute Gasteiger partial charge is 0.487 e. The predicted octanol–water partition coefficient (Wildman–Crippen LogP) is 4.06. The molecule has 3 aromatic carbocycles. The van der Waals surface area contributed by atoms with Gasteiger partial charge in [-0.2, -0.15) is 0 Å². The third-order valence-electron chi connectivity index (χ3n) is 8.15. The monoisotopic (exact) mass is 607 g/mol. The summed E-state index contributed by atoms with van der Waals surface area (Å²) in [6.45, 7) is 3.89. The number of hydrogen-bond acceptors (Lipinski definition) is 5. The zero-order valence-corrected chi connectivity index (χ0v) is 26.1. The van der Waals surface area contributed by atoms with E-state index in [1.165, 1.54) is 0 Å². The minimum Gasteiger partial charge on any atom is -0.487 e. The predicted molar refractivity (Wildman–Crippen MR) is 176 cm³/mol. The van der Waals surface area contributed by atoms with Crippen LogP contribution in [0, 0.1) is 5.92 Å². The highest BCUT2D eigenvalue weighted by Gasteiger charge is 2.38. The maximum Gasteiger partial charge on any atom is 0.247 e. The van der Waals surface area contributed by atoms with Gasteiger partial charge in [-0.15, -0.1) is 0 Å². The molecule has 0 radical (unpaired) electrons. The van der Waals surface area contributed by atoms with E-state index in [-0.39, 0.29) is 24.2 Å². The van der Waals surface area contributed by atoms with Crippen LogP contribution in [-0.2, 0) is 27.2 Å². The van der Waals surface area contributed by atoms with E-state index in [1.807, 2.05) is 118 Å². The van der Waals surface area contributed by atoms with Crippen molar-refractivity contribution >= 4 is 34.7 Å². The van der Waals surface area contributed by atoms with E-state index in [9.17, 15) is 14.4 Å². The summed E-state index contributed by atoms with van der Waals surface area (Å²) in [5.41, 5.74) is 3.70. The molecule has 4 aromatic rings. The minimum atomic E-state index is -1.09. The number of likely N-dealkylation sites (N-methyl/N-ethyl adjacent to an activating group) is 1. The van der Waals surface area contributed by atoms with E-state index >= 15 is 0 Å². The van der Waals surface area contributed by atoms with Gasteiger partial charge in [0.25, 0.3) is 0 Å². The topological polar surface area (TPSA) is 116 Å². The fourth-order valence-electron chi connectivity index (χ4n) is 5.61. The highest BCUT2D eigenvalue weighted by molar-refractivity contribution is 5.94. The molecular formula is C36H41N5O4. The number of para-hydroxylation sites is 1. The average molecular weight is 608 g/mol. The Kier molecular flexibility index (Phi) is 9.99. The average Bonchev–Trinajstić information content (AvgIpc) is 3.44. The molecule has 0 fully saturated rings. The Morgan fingerprint density at radius 2 is 1.64 bits per heavy atom. The molecule has 9 heteroatoms. The van der Waals surface area contributed by atoms with Crippen molar-refractivity contribution in [2.24, 2.45) is 5.92 Å². The van der Waals surface area contributed by atoms with Crippen LogP contribution < -0.4 is 20.7 Å². The molecule has 234 valence electrons. The molecule has 9 nitrogen and oxygen atoms in total. The van der Waals surface area contributed by atoms with Gasteiger partial charge in [-0.1, -0.05) is 74.5 Å². The lowest BCUT2D eigenvalue weighted by molar-refractivity contribution is -0.136. The first-order chi connectivity index (χ1) is 21.7. The van der Waals surface area contributed by atoms with Crippen LogP contribution in [0.5, 0.6) is 5.75 Å². The van der Waals surface area contributed by atoms with Crippen LogP contribution in [0.4, 0.5) is 0 Å². The van der Waals surface area contributed by atoms with Crippen LogP contribution in [0.2, 0.25) is 0 Å². The molecule has 2 bridgehead atoms. The zero-order chi connectivity index (χ0) is 31.9. The normalized spacial score (nSPS) is 20.3. The van der Waals surface area contributed by atoms with E-state index in [0.717, 1.165) is 27.6 Å². The zero-order valence-electron chi connectivity index (χ0n) is 26.1. The molecule has 6 rings (SSSR count). The highest BCUT2D eigenvalue weighted by Crippen LogP contribution is 2.22. The molecule has 0 saturated carbocycles. The molecule has 0 spiro atoms. The second kappa shape index (κ2) is 14.3. The summed E-state index contributed by atoms with van der Waals surface area (Å²) in [6, 6.07) is 22.4. The van der Waals surface area contributed by atoms with E-state index in [2.05, 4.69) is 20.9 Å². The molecule has 2 aliphatic heterocycles. The van der Waals surface area contributed by atoms with Crippen molar-refractivity contribution in [1.29, 1.82) is 0 Å². The summed E-state index contributed by atoms with van der Waals surface area (Å²) in [5, 5.41) is 9.80. The second-order valence-corrected chi connectivity index (χ2v) is 12.0. The number of ether oxygens (including phenoxy) is 1. The van der Waals surface area contributed by atoms with Crippen LogP contribution in [0.25, 0.3) is 17.0 Å². The quantitative estimate of drug-likeness (QED) is 0.241. The fraction of sp³-hybridized carbons (Fsp3) is 0.306. The molecule has 0 saturated heterocycles. The number of benzene rings is 3. The number of H-pyrrole nitrogens is 1. The number of carbonyl (C=O) groups is 3. The van der Waals surface area contributed by atoms with Crippen molar-refractivity contribution in [2.75, 3.05) is 14.1 Å². The van der Waals surface area contributed by atoms with E-state index in [1.54, 1.807) is 12.3 Å². The molecule has 2 aliphatic rings. The van der Waals surface area contributed by atoms with Crippen molar-refractivity contribution in [3.8, 4) is 5.75 Å². The Morgan fingerprint density at radius 3 is 2.36 bits per heavy atom. The third-order valence-corrected chi connectivity index (χ3v) is 8.15. The lowest BCUT2D eigenvalue weighted by Crippen LogP contribution is -2.62. The molecule has 3 amide bonds. The van der Waals surface area contributed by atoms with Gasteiger partial charge in [0.2, 0.25) is 17.7 Å². The summed E-state index contributed by atoms with van der Waals surface area (Å²) in [7, 11) is 3.68. The molecule has 0 unspecified atom stereocenters. The molecule has 0 aliphatic carbocycles. The summed E-state index contributed by atoms with van der Waals surface area (Å²) in [6.07, 6.45) is 5.19. The number of rotatable bonds is 8. The first-order valence-electron chi connectivity index (χ1n) is 15.3. The number of nitrogens with zero attached hydrogens (tertiary/aromatic N) is 1. The standard InChI is InChI=1S/C36H41N5O4/c1-23(2)33-32(40-35(43)31(41(3)4)20-25-10-6-5-7-11-25)36(44)39-30(21-26-22-38-29-13-9-8-12-28(26)29)34(42)37-19-18-24-14-16-27(45-33)17-15-24/h5-19,22-23,30-33,38H,20-21H2,1-4H3,(H,37,42)(H,39,44)(H,40,43)/b19-18-/t30-,31-,32-,33-/m0/s1. The van der Waals surface area contributed by atoms with Crippen molar-refractivity contribution in [3.63, 3.8) is 0 Å². The number of hydrogen-bond donors (Lipinski definition) is 4. The van der Waals surface area contributed by atoms with Gasteiger partial charge in [0, 0.05) is 29.7 Å². The maximum absolute atomic E-state index is 14.3. The Morgan fingerprint density at radius 1 is 0.933 bits per heavy atom. The first kappa shape index (κ1) is 31.5. The van der Waals surface area contributed by atoms with Crippen LogP contribution in [-0.4, -0.2) is 65.9 Å². The Hall–Kier alpha value is -4.89. The molecule has 3 heterocycles. The maximum atomic E-state index is 14.3. The van der Waals surface area contributed by atoms with Gasteiger partial charge < -0.3 is 25.7 Å². The smallest absolute Gasteiger partial charge is 0.247 e.